The molecule has 214 valence electrons. The number of hydrogen-bond donors (Lipinski definition) is 1. The lowest BCUT2D eigenvalue weighted by Gasteiger charge is -2.34. The first-order chi connectivity index (χ1) is 19.4. The minimum absolute atomic E-state index is 0.0365. The fraction of sp³-hybridized carbons (Fsp3) is 0.424. The van der Waals surface area contributed by atoms with E-state index in [1.807, 2.05) is 80.3 Å². The van der Waals surface area contributed by atoms with Gasteiger partial charge in [-0.25, -0.2) is 0 Å². The molecule has 2 aromatic carbocycles. The van der Waals surface area contributed by atoms with E-state index >= 15 is 0 Å². The molecule has 3 atom stereocenters. The maximum absolute atomic E-state index is 12.6. The number of halogens is 1. The van der Waals surface area contributed by atoms with Crippen LogP contribution in [0.25, 0.3) is 0 Å². The van der Waals surface area contributed by atoms with Crippen molar-refractivity contribution in [2.75, 3.05) is 26.3 Å². The summed E-state index contributed by atoms with van der Waals surface area (Å²) in [6.45, 7) is 8.23. The summed E-state index contributed by atoms with van der Waals surface area (Å²) in [5, 5.41) is 11.4. The molecule has 0 bridgehead atoms. The molecule has 2 aromatic rings. The summed E-state index contributed by atoms with van der Waals surface area (Å²) < 4.78 is 18.1. The minimum Gasteiger partial charge on any atom is -0.494 e. The summed E-state index contributed by atoms with van der Waals surface area (Å²) in [6, 6.07) is 14.0. The van der Waals surface area contributed by atoms with E-state index in [0.29, 0.717) is 42.2 Å². The van der Waals surface area contributed by atoms with E-state index in [1.165, 1.54) is 0 Å². The topological polar surface area (TPSA) is 68.2 Å². The van der Waals surface area contributed by atoms with Crippen LogP contribution in [0.1, 0.15) is 62.8 Å². The van der Waals surface area contributed by atoms with Crippen LogP contribution in [0, 0.1) is 0 Å². The Balaban J connectivity index is 1.42. The van der Waals surface area contributed by atoms with Crippen molar-refractivity contribution in [3.05, 3.63) is 99.8 Å². The molecule has 40 heavy (non-hydrogen) atoms. The standard InChI is InChI=1S/C33H40ClNO5/c1-4-6-8-29(17-23(3)33(37)35-15-7-16-35)39-22-30-20-27(36)21-32(40-30)25-11-14-31(34)26(19-25)18-24-9-12-28(13-10-24)38-5-2/h4,6,8-14,17,19,27,30,32,36H,5,7,15-16,18,20-22H2,1-3H3/b6-4-,23-17+,29-8+. The Labute approximate surface area is 242 Å². The Kier molecular flexibility index (Phi) is 10.9. The van der Waals surface area contributed by atoms with E-state index in [1.54, 1.807) is 6.08 Å². The molecule has 0 spiro atoms. The van der Waals surface area contributed by atoms with Crippen molar-refractivity contribution in [1.29, 1.82) is 0 Å². The highest BCUT2D eigenvalue weighted by atomic mass is 35.5. The van der Waals surface area contributed by atoms with Crippen LogP contribution < -0.4 is 4.74 Å². The Morgan fingerprint density at radius 1 is 1.18 bits per heavy atom. The monoisotopic (exact) mass is 565 g/mol. The van der Waals surface area contributed by atoms with Gasteiger partial charge >= 0.3 is 0 Å². The second kappa shape index (κ2) is 14.5. The highest BCUT2D eigenvalue weighted by molar-refractivity contribution is 6.31. The smallest absolute Gasteiger partial charge is 0.249 e. The number of likely N-dealkylation sites (tertiary alicyclic amines) is 1. The van der Waals surface area contributed by atoms with Crippen molar-refractivity contribution in [2.24, 2.45) is 0 Å². The summed E-state index contributed by atoms with van der Waals surface area (Å²) in [7, 11) is 0. The van der Waals surface area contributed by atoms with Gasteiger partial charge in [-0.2, -0.15) is 0 Å². The summed E-state index contributed by atoms with van der Waals surface area (Å²) in [4.78, 5) is 14.4. The molecule has 2 saturated heterocycles. The molecule has 4 rings (SSSR count). The van der Waals surface area contributed by atoms with E-state index in [2.05, 4.69) is 6.07 Å². The van der Waals surface area contributed by atoms with Gasteiger partial charge in [-0.3, -0.25) is 4.79 Å². The minimum atomic E-state index is -0.508. The molecule has 1 N–H and O–H groups in total. The Hall–Kier alpha value is -3.06. The van der Waals surface area contributed by atoms with Crippen molar-refractivity contribution in [2.45, 2.75) is 64.8 Å². The third kappa shape index (κ3) is 8.23. The maximum atomic E-state index is 12.6. The molecule has 2 aliphatic heterocycles. The Morgan fingerprint density at radius 2 is 1.95 bits per heavy atom. The molecule has 0 radical (unpaired) electrons. The molecule has 6 nitrogen and oxygen atoms in total. The van der Waals surface area contributed by atoms with Crippen LogP contribution in [0.15, 0.2) is 78.1 Å². The number of aliphatic hydroxyl groups is 1. The lowest BCUT2D eigenvalue weighted by molar-refractivity contribution is -0.130. The van der Waals surface area contributed by atoms with Gasteiger partial charge in [-0.15, -0.1) is 0 Å². The van der Waals surface area contributed by atoms with Crippen LogP contribution in [0.5, 0.6) is 5.75 Å². The zero-order valence-corrected chi connectivity index (χ0v) is 24.4. The SMILES string of the molecule is C\C=C/C=C(\C=C(/C)C(=O)N1CCC1)OCC1CC(O)CC(c2ccc(Cl)c(Cc3ccc(OCC)cc3)c2)O1. The average Bonchev–Trinajstić information content (AvgIpc) is 2.91. The van der Waals surface area contributed by atoms with Crippen molar-refractivity contribution < 1.29 is 24.1 Å². The molecule has 0 saturated carbocycles. The van der Waals surface area contributed by atoms with Crippen LogP contribution in [0.3, 0.4) is 0 Å². The molecule has 2 heterocycles. The number of hydrogen-bond acceptors (Lipinski definition) is 5. The summed E-state index contributed by atoms with van der Waals surface area (Å²) >= 11 is 6.57. The van der Waals surface area contributed by atoms with Gasteiger partial charge in [0.2, 0.25) is 5.91 Å². The van der Waals surface area contributed by atoms with Crippen molar-refractivity contribution in [3.63, 3.8) is 0 Å². The zero-order valence-electron chi connectivity index (χ0n) is 23.6. The van der Waals surface area contributed by atoms with Crippen LogP contribution in [0.2, 0.25) is 5.02 Å². The molecule has 7 heteroatoms. The number of aliphatic hydroxyl groups excluding tert-OH is 1. The number of rotatable bonds is 11. The molecule has 0 aliphatic carbocycles. The van der Waals surface area contributed by atoms with Gasteiger partial charge in [0.15, 0.2) is 0 Å². The van der Waals surface area contributed by atoms with Gasteiger partial charge in [0.1, 0.15) is 18.1 Å². The third-order valence-corrected chi connectivity index (χ3v) is 7.55. The fourth-order valence-corrected chi connectivity index (χ4v) is 5.08. The Bertz CT molecular complexity index is 1230. The molecule has 2 aliphatic rings. The quantitative estimate of drug-likeness (QED) is 0.190. The molecular formula is C33H40ClNO5. The zero-order chi connectivity index (χ0) is 28.5. The predicted molar refractivity (Wildman–Crippen MR) is 159 cm³/mol. The maximum Gasteiger partial charge on any atom is 0.249 e. The van der Waals surface area contributed by atoms with E-state index in [-0.39, 0.29) is 24.7 Å². The number of ether oxygens (including phenoxy) is 3. The van der Waals surface area contributed by atoms with Crippen molar-refractivity contribution in [3.8, 4) is 5.75 Å². The number of nitrogens with zero attached hydrogens (tertiary/aromatic N) is 1. The van der Waals surface area contributed by atoms with Crippen molar-refractivity contribution in [1.82, 2.24) is 4.90 Å². The number of carbonyl (C=O) groups excluding carboxylic acids is 1. The first-order valence-electron chi connectivity index (χ1n) is 14.1. The highest BCUT2D eigenvalue weighted by Crippen LogP contribution is 2.34. The molecule has 1 amide bonds. The van der Waals surface area contributed by atoms with Crippen LogP contribution in [-0.2, 0) is 20.7 Å². The van der Waals surface area contributed by atoms with Gasteiger partial charge < -0.3 is 24.2 Å². The van der Waals surface area contributed by atoms with E-state index in [9.17, 15) is 9.90 Å². The van der Waals surface area contributed by atoms with Crippen LogP contribution >= 0.6 is 11.6 Å². The number of amides is 1. The second-order valence-corrected chi connectivity index (χ2v) is 10.8. The Morgan fingerprint density at radius 3 is 2.62 bits per heavy atom. The van der Waals surface area contributed by atoms with Gasteiger partial charge in [-0.05, 0) is 80.7 Å². The predicted octanol–water partition coefficient (Wildman–Crippen LogP) is 6.57. The second-order valence-electron chi connectivity index (χ2n) is 10.4. The van der Waals surface area contributed by atoms with E-state index < -0.39 is 6.10 Å². The lowest BCUT2D eigenvalue weighted by atomic mass is 9.94. The summed E-state index contributed by atoms with van der Waals surface area (Å²) in [5.74, 6) is 1.48. The van der Waals surface area contributed by atoms with E-state index in [4.69, 9.17) is 25.8 Å². The lowest BCUT2D eigenvalue weighted by Crippen LogP contribution is -2.42. The largest absolute Gasteiger partial charge is 0.494 e. The van der Waals surface area contributed by atoms with E-state index in [0.717, 1.165) is 42.0 Å². The highest BCUT2D eigenvalue weighted by Gasteiger charge is 2.30. The number of allylic oxidation sites excluding steroid dienone is 4. The van der Waals surface area contributed by atoms with Gasteiger partial charge in [0.25, 0.3) is 0 Å². The first kappa shape index (κ1) is 29.9. The van der Waals surface area contributed by atoms with Crippen LogP contribution in [-0.4, -0.2) is 54.4 Å². The molecule has 0 aromatic heterocycles. The summed E-state index contributed by atoms with van der Waals surface area (Å²) in [5.41, 5.74) is 3.76. The summed E-state index contributed by atoms with van der Waals surface area (Å²) in [6.07, 6.45) is 9.05. The van der Waals surface area contributed by atoms with Gasteiger partial charge in [-0.1, -0.05) is 48.0 Å². The van der Waals surface area contributed by atoms with Crippen LogP contribution in [0.4, 0.5) is 0 Å². The number of benzene rings is 2. The van der Waals surface area contributed by atoms with Gasteiger partial charge in [0, 0.05) is 36.5 Å². The van der Waals surface area contributed by atoms with Crippen molar-refractivity contribution >= 4 is 17.5 Å². The van der Waals surface area contributed by atoms with Gasteiger partial charge in [0.05, 0.1) is 24.9 Å². The molecular weight excluding hydrogens is 526 g/mol. The molecule has 2 fully saturated rings. The number of carbonyl (C=O) groups is 1. The molecule has 3 unspecified atom stereocenters. The average molecular weight is 566 g/mol. The fourth-order valence-electron chi connectivity index (χ4n) is 4.89. The third-order valence-electron chi connectivity index (χ3n) is 7.18. The first-order valence-corrected chi connectivity index (χ1v) is 14.5. The normalized spacial score (nSPS) is 21.8.